The van der Waals surface area contributed by atoms with Crippen molar-refractivity contribution in [2.24, 2.45) is 0 Å². The highest BCUT2D eigenvalue weighted by Gasteiger charge is 2.21. The quantitative estimate of drug-likeness (QED) is 0.211. The fraction of sp³-hybridized carbons (Fsp3) is 0.457. The molecule has 0 heterocycles. The van der Waals surface area contributed by atoms with Gasteiger partial charge in [-0.3, -0.25) is 0 Å². The Labute approximate surface area is 251 Å². The minimum Gasteiger partial charge on any atom is -0.491 e. The zero-order valence-electron chi connectivity index (χ0n) is 26.1. The van der Waals surface area contributed by atoms with Crippen molar-refractivity contribution in [1.82, 2.24) is 0 Å². The van der Waals surface area contributed by atoms with Gasteiger partial charge < -0.3 is 29.4 Å². The van der Waals surface area contributed by atoms with E-state index in [1.54, 1.807) is 12.1 Å². The van der Waals surface area contributed by atoms with Crippen LogP contribution in [0.2, 0.25) is 0 Å². The number of carboxylic acids is 1. The second-order valence-electron chi connectivity index (χ2n) is 12.5. The minimum atomic E-state index is -0.904. The van der Waals surface area contributed by atoms with Crippen molar-refractivity contribution in [3.05, 3.63) is 94.5 Å². The molecule has 228 valence electrons. The second kappa shape index (κ2) is 15.7. The first kappa shape index (κ1) is 33.1. The molecule has 42 heavy (non-hydrogen) atoms. The monoisotopic (exact) mass is 578 g/mol. The molecule has 0 aliphatic heterocycles. The largest absolute Gasteiger partial charge is 0.491 e. The van der Waals surface area contributed by atoms with Gasteiger partial charge in [-0.1, -0.05) is 59.7 Å². The lowest BCUT2D eigenvalue weighted by Crippen LogP contribution is -2.80. The minimum absolute atomic E-state index is 0.0567. The van der Waals surface area contributed by atoms with E-state index < -0.39 is 5.97 Å². The van der Waals surface area contributed by atoms with Crippen molar-refractivity contribution in [3.63, 3.8) is 0 Å². The molecule has 0 saturated heterocycles. The summed E-state index contributed by atoms with van der Waals surface area (Å²) in [6.45, 7) is 17.9. The standard InChI is InChI=1S/C35H47NO6/c1-34(2,3)29-21-30(35(4,5)6)23-32(22-29)42-20-18-40-16-15-39-17-19-41-31-13-9-27(10-14-31)25-36-24-26-7-11-28(12-8-26)33(37)38/h7-14,21-23,36H,15-20,24-25H2,1-6H3,(H,37,38)/p+1. The van der Waals surface area contributed by atoms with Crippen LogP contribution in [0.15, 0.2) is 66.7 Å². The summed E-state index contributed by atoms with van der Waals surface area (Å²) in [6, 6.07) is 21.6. The van der Waals surface area contributed by atoms with Crippen LogP contribution < -0.4 is 14.8 Å². The van der Waals surface area contributed by atoms with Crippen LogP contribution in [0.3, 0.4) is 0 Å². The maximum Gasteiger partial charge on any atom is 0.335 e. The molecular weight excluding hydrogens is 530 g/mol. The number of aromatic carboxylic acids is 1. The van der Waals surface area contributed by atoms with Crippen molar-refractivity contribution in [2.75, 3.05) is 39.6 Å². The number of benzene rings is 3. The van der Waals surface area contributed by atoms with E-state index in [0.717, 1.165) is 30.2 Å². The summed E-state index contributed by atoms with van der Waals surface area (Å²) in [5, 5.41) is 11.2. The van der Waals surface area contributed by atoms with Crippen LogP contribution in [0.4, 0.5) is 0 Å². The van der Waals surface area contributed by atoms with Crippen LogP contribution in [0.25, 0.3) is 0 Å². The van der Waals surface area contributed by atoms with Crippen LogP contribution >= 0.6 is 0 Å². The molecule has 0 aliphatic rings. The Hall–Kier alpha value is -3.39. The molecule has 0 atom stereocenters. The van der Waals surface area contributed by atoms with Crippen molar-refractivity contribution < 1.29 is 34.2 Å². The van der Waals surface area contributed by atoms with Gasteiger partial charge in [0.2, 0.25) is 0 Å². The maximum atomic E-state index is 11.0. The zero-order valence-corrected chi connectivity index (χ0v) is 26.1. The predicted octanol–water partition coefficient (Wildman–Crippen LogP) is 5.73. The Morgan fingerprint density at radius 3 is 1.50 bits per heavy atom. The zero-order chi connectivity index (χ0) is 30.6. The number of rotatable bonds is 16. The summed E-state index contributed by atoms with van der Waals surface area (Å²) in [5.74, 6) is 0.795. The molecule has 0 spiro atoms. The fourth-order valence-electron chi connectivity index (χ4n) is 4.22. The molecule has 0 amide bonds. The molecule has 3 rings (SSSR count). The molecule has 0 bridgehead atoms. The van der Waals surface area contributed by atoms with Crippen LogP contribution in [-0.4, -0.2) is 50.7 Å². The van der Waals surface area contributed by atoms with Gasteiger partial charge in [0, 0.05) is 11.1 Å². The molecule has 3 aromatic carbocycles. The highest BCUT2D eigenvalue weighted by molar-refractivity contribution is 5.87. The highest BCUT2D eigenvalue weighted by Crippen LogP contribution is 2.32. The van der Waals surface area contributed by atoms with Gasteiger partial charge in [-0.15, -0.1) is 0 Å². The molecule has 0 aromatic heterocycles. The van der Waals surface area contributed by atoms with Crippen LogP contribution in [0, 0.1) is 0 Å². The van der Waals surface area contributed by atoms with Gasteiger partial charge in [0.1, 0.15) is 37.8 Å². The normalized spacial score (nSPS) is 11.9. The summed E-state index contributed by atoms with van der Waals surface area (Å²) in [7, 11) is 0. The summed E-state index contributed by atoms with van der Waals surface area (Å²) in [5.41, 5.74) is 5.25. The number of hydrogen-bond acceptors (Lipinski definition) is 5. The lowest BCUT2D eigenvalue weighted by Gasteiger charge is -2.26. The Balaban J connectivity index is 1.24. The third-order valence-electron chi connectivity index (χ3n) is 6.89. The van der Waals surface area contributed by atoms with E-state index in [0.29, 0.717) is 45.2 Å². The first-order chi connectivity index (χ1) is 19.9. The summed E-state index contributed by atoms with van der Waals surface area (Å²) < 4.78 is 23.1. The van der Waals surface area contributed by atoms with Gasteiger partial charge in [0.05, 0.1) is 32.0 Å². The van der Waals surface area contributed by atoms with Crippen molar-refractivity contribution in [2.45, 2.75) is 65.5 Å². The molecule has 7 nitrogen and oxygen atoms in total. The highest BCUT2D eigenvalue weighted by atomic mass is 16.6. The van der Waals surface area contributed by atoms with E-state index in [1.165, 1.54) is 16.7 Å². The van der Waals surface area contributed by atoms with Gasteiger partial charge in [-0.25, -0.2) is 4.79 Å². The molecule has 7 heteroatoms. The summed E-state index contributed by atoms with van der Waals surface area (Å²) in [6.07, 6.45) is 0. The smallest absolute Gasteiger partial charge is 0.335 e. The SMILES string of the molecule is CC(C)(C)c1cc(OCCOCCOCCOc2ccc(C[NH2+]Cc3ccc(C(=O)O)cc3)cc2)cc(C(C)(C)C)c1. The van der Waals surface area contributed by atoms with E-state index in [4.69, 9.17) is 24.1 Å². The number of nitrogens with two attached hydrogens (primary N) is 1. The van der Waals surface area contributed by atoms with E-state index >= 15 is 0 Å². The van der Waals surface area contributed by atoms with Gasteiger partial charge >= 0.3 is 5.97 Å². The lowest BCUT2D eigenvalue weighted by molar-refractivity contribution is -0.686. The number of ether oxygens (including phenoxy) is 4. The average molecular weight is 579 g/mol. The predicted molar refractivity (Wildman–Crippen MR) is 166 cm³/mol. The molecule has 0 fully saturated rings. The lowest BCUT2D eigenvalue weighted by atomic mass is 9.80. The molecule has 0 unspecified atom stereocenters. The first-order valence-corrected chi connectivity index (χ1v) is 14.7. The van der Waals surface area contributed by atoms with Crippen molar-refractivity contribution in [3.8, 4) is 11.5 Å². The topological polar surface area (TPSA) is 90.8 Å². The van der Waals surface area contributed by atoms with Gasteiger partial charge in [0.15, 0.2) is 0 Å². The molecule has 3 N–H and O–H groups in total. The first-order valence-electron chi connectivity index (χ1n) is 14.7. The average Bonchev–Trinajstić information content (AvgIpc) is 2.94. The number of hydrogen-bond donors (Lipinski definition) is 2. The van der Waals surface area contributed by atoms with Crippen molar-refractivity contribution in [1.29, 1.82) is 0 Å². The Morgan fingerprint density at radius 1 is 0.619 bits per heavy atom. The molecule has 3 aromatic rings. The molecule has 0 saturated carbocycles. The van der Waals surface area contributed by atoms with E-state index in [9.17, 15) is 4.79 Å². The molecule has 0 aliphatic carbocycles. The Kier molecular flexibility index (Phi) is 12.4. The van der Waals surface area contributed by atoms with Crippen molar-refractivity contribution >= 4 is 5.97 Å². The van der Waals surface area contributed by atoms with Crippen LogP contribution in [-0.2, 0) is 33.4 Å². The second-order valence-corrected chi connectivity index (χ2v) is 12.5. The third kappa shape index (κ3) is 11.5. The fourth-order valence-corrected chi connectivity index (χ4v) is 4.22. The number of quaternary nitrogens is 1. The van der Waals surface area contributed by atoms with Crippen LogP contribution in [0.1, 0.15) is 74.2 Å². The van der Waals surface area contributed by atoms with Gasteiger partial charge in [-0.2, -0.15) is 0 Å². The van der Waals surface area contributed by atoms with E-state index in [1.807, 2.05) is 24.3 Å². The molecule has 0 radical (unpaired) electrons. The Morgan fingerprint density at radius 2 is 1.05 bits per heavy atom. The maximum absolute atomic E-state index is 11.0. The Bertz CT molecular complexity index is 1210. The van der Waals surface area contributed by atoms with Crippen LogP contribution in [0.5, 0.6) is 11.5 Å². The summed E-state index contributed by atoms with van der Waals surface area (Å²) in [4.78, 5) is 11.0. The number of carbonyl (C=O) groups is 1. The van der Waals surface area contributed by atoms with E-state index in [2.05, 4.69) is 77.2 Å². The third-order valence-corrected chi connectivity index (χ3v) is 6.89. The van der Waals surface area contributed by atoms with Gasteiger partial charge in [0.25, 0.3) is 0 Å². The van der Waals surface area contributed by atoms with E-state index in [-0.39, 0.29) is 10.8 Å². The molecular formula is C35H48NO6+. The van der Waals surface area contributed by atoms with Gasteiger partial charge in [-0.05, 0) is 70.5 Å². The summed E-state index contributed by atoms with van der Waals surface area (Å²) >= 11 is 0. The number of carboxylic acid groups (broad SMARTS) is 1.